The highest BCUT2D eigenvalue weighted by molar-refractivity contribution is 5.70. The first-order valence-corrected chi connectivity index (χ1v) is 19.2. The molecule has 1 atom stereocenters. The number of hydrogen-bond acceptors (Lipinski definition) is 5. The van der Waals surface area contributed by atoms with Gasteiger partial charge in [-0.05, 0) is 70.6 Å². The highest BCUT2D eigenvalue weighted by Crippen LogP contribution is 2.13. The molecule has 0 heterocycles. The van der Waals surface area contributed by atoms with Gasteiger partial charge in [-0.25, -0.2) is 0 Å². The second-order valence-corrected chi connectivity index (χ2v) is 12.6. The highest BCUT2D eigenvalue weighted by atomic mass is 16.6. The second-order valence-electron chi connectivity index (χ2n) is 12.6. The summed E-state index contributed by atoms with van der Waals surface area (Å²) in [6.45, 7) is 4.00. The van der Waals surface area contributed by atoms with Gasteiger partial charge in [-0.1, -0.05) is 146 Å². The Hall–Kier alpha value is -2.14. The summed E-state index contributed by atoms with van der Waals surface area (Å²) in [4.78, 5) is 24.2. The van der Waals surface area contributed by atoms with Gasteiger partial charge in [-0.2, -0.15) is 0 Å². The molecule has 0 spiro atoms. The van der Waals surface area contributed by atoms with Crippen molar-refractivity contribution in [2.75, 3.05) is 13.2 Å². The van der Waals surface area contributed by atoms with E-state index in [0.717, 1.165) is 70.6 Å². The smallest absolute Gasteiger partial charge is 0.306 e. The predicted molar refractivity (Wildman–Crippen MR) is 196 cm³/mol. The van der Waals surface area contributed by atoms with Gasteiger partial charge < -0.3 is 14.6 Å². The minimum atomic E-state index is -0.780. The third-order valence-corrected chi connectivity index (χ3v) is 8.11. The van der Waals surface area contributed by atoms with Crippen LogP contribution in [-0.4, -0.2) is 36.4 Å². The zero-order chi connectivity index (χ0) is 33.6. The maximum Gasteiger partial charge on any atom is 0.306 e. The number of carbonyl (C=O) groups is 2. The Morgan fingerprint density at radius 1 is 0.522 bits per heavy atom. The molecule has 0 rings (SSSR count). The largest absolute Gasteiger partial charge is 0.462 e. The number of aliphatic hydroxyl groups is 1. The highest BCUT2D eigenvalue weighted by Gasteiger charge is 2.16. The number of rotatable bonds is 34. The minimum absolute atomic E-state index is 0.0771. The molecular weight excluding hydrogens is 572 g/mol. The van der Waals surface area contributed by atoms with Crippen LogP contribution in [0.2, 0.25) is 0 Å². The van der Waals surface area contributed by atoms with Crippen LogP contribution in [0, 0.1) is 0 Å². The first-order valence-electron chi connectivity index (χ1n) is 19.2. The van der Waals surface area contributed by atoms with E-state index in [1.54, 1.807) is 0 Å². The number of aliphatic hydroxyl groups excluding tert-OH is 1. The molecule has 0 saturated carbocycles. The number of unbranched alkanes of at least 4 members (excludes halogenated alkanes) is 18. The predicted octanol–water partition coefficient (Wildman–Crippen LogP) is 11.8. The van der Waals surface area contributed by atoms with Gasteiger partial charge in [0.25, 0.3) is 0 Å². The Balaban J connectivity index is 3.59. The summed E-state index contributed by atoms with van der Waals surface area (Å²) in [5, 5.41) is 9.54. The maximum absolute atomic E-state index is 12.2. The summed E-state index contributed by atoms with van der Waals surface area (Å²) in [6, 6.07) is 0. The van der Waals surface area contributed by atoms with Gasteiger partial charge in [0.15, 0.2) is 6.10 Å². The zero-order valence-corrected chi connectivity index (χ0v) is 30.1. The van der Waals surface area contributed by atoms with E-state index in [2.05, 4.69) is 62.5 Å². The Morgan fingerprint density at radius 2 is 0.935 bits per heavy atom. The van der Waals surface area contributed by atoms with E-state index in [4.69, 9.17) is 9.47 Å². The lowest BCUT2D eigenvalue weighted by molar-refractivity contribution is -0.161. The van der Waals surface area contributed by atoms with Gasteiger partial charge >= 0.3 is 11.9 Å². The molecule has 266 valence electrons. The van der Waals surface area contributed by atoms with Crippen LogP contribution in [0.4, 0.5) is 0 Å². The number of allylic oxidation sites excluding steroid dienone is 8. The second kappa shape index (κ2) is 37.3. The monoisotopic (exact) mass is 645 g/mol. The number of carbonyl (C=O) groups excluding carboxylic acids is 2. The van der Waals surface area contributed by atoms with Crippen molar-refractivity contribution < 1.29 is 24.2 Å². The van der Waals surface area contributed by atoms with Crippen LogP contribution in [-0.2, 0) is 19.1 Å². The molecule has 0 aliphatic heterocycles. The first-order chi connectivity index (χ1) is 22.6. The summed E-state index contributed by atoms with van der Waals surface area (Å²) in [6.07, 6.45) is 45.9. The molecule has 1 N–H and O–H groups in total. The fourth-order valence-electron chi connectivity index (χ4n) is 5.21. The van der Waals surface area contributed by atoms with Crippen LogP contribution < -0.4 is 0 Å². The standard InChI is InChI=1S/C41H72O5/c1-3-5-7-9-11-13-15-17-19-20-22-24-26-28-30-32-34-36-41(44)46-39(37-42)38-45-40(43)35-33-31-29-27-25-23-21-18-16-14-12-10-8-6-4-2/h6,8,12,14,17-19,21,39,42H,3-5,7,9-11,13,15-16,20,22-38H2,1-2H3/t39-/m0/s1. The van der Waals surface area contributed by atoms with E-state index in [-0.39, 0.29) is 25.2 Å². The van der Waals surface area contributed by atoms with Crippen LogP contribution in [0.25, 0.3) is 0 Å². The van der Waals surface area contributed by atoms with Gasteiger partial charge in [0, 0.05) is 12.8 Å². The van der Waals surface area contributed by atoms with Crippen LogP contribution in [0.5, 0.6) is 0 Å². The van der Waals surface area contributed by atoms with Gasteiger partial charge in [0.05, 0.1) is 6.61 Å². The molecule has 0 aromatic heterocycles. The van der Waals surface area contributed by atoms with E-state index < -0.39 is 6.10 Å². The molecule has 5 nitrogen and oxygen atoms in total. The molecule has 0 aliphatic carbocycles. The quantitative estimate of drug-likeness (QED) is 0.0429. The van der Waals surface area contributed by atoms with Crippen molar-refractivity contribution in [3.63, 3.8) is 0 Å². The summed E-state index contributed by atoms with van der Waals surface area (Å²) in [5.74, 6) is -0.617. The van der Waals surface area contributed by atoms with Crippen molar-refractivity contribution in [1.29, 1.82) is 0 Å². The van der Waals surface area contributed by atoms with Crippen LogP contribution in [0.15, 0.2) is 48.6 Å². The van der Waals surface area contributed by atoms with Crippen molar-refractivity contribution in [3.05, 3.63) is 48.6 Å². The molecule has 0 amide bonds. The van der Waals surface area contributed by atoms with Crippen molar-refractivity contribution in [2.45, 2.75) is 187 Å². The number of hydrogen-bond donors (Lipinski definition) is 1. The van der Waals surface area contributed by atoms with E-state index in [0.29, 0.717) is 12.8 Å². The molecule has 0 aromatic rings. The van der Waals surface area contributed by atoms with E-state index in [1.807, 2.05) is 0 Å². The number of esters is 2. The molecule has 0 unspecified atom stereocenters. The van der Waals surface area contributed by atoms with Gasteiger partial charge in [0.1, 0.15) is 6.61 Å². The molecule has 0 bridgehead atoms. The lowest BCUT2D eigenvalue weighted by Gasteiger charge is -2.15. The molecule has 0 saturated heterocycles. The Bertz CT molecular complexity index is 782. The molecule has 46 heavy (non-hydrogen) atoms. The minimum Gasteiger partial charge on any atom is -0.462 e. The fourth-order valence-corrected chi connectivity index (χ4v) is 5.21. The first kappa shape index (κ1) is 43.9. The molecule has 0 aliphatic rings. The van der Waals surface area contributed by atoms with E-state index in [9.17, 15) is 14.7 Å². The summed E-state index contributed by atoms with van der Waals surface area (Å²) < 4.78 is 10.6. The normalized spacial score (nSPS) is 12.7. The van der Waals surface area contributed by atoms with Crippen molar-refractivity contribution in [2.24, 2.45) is 0 Å². The van der Waals surface area contributed by atoms with Gasteiger partial charge in [0.2, 0.25) is 0 Å². The van der Waals surface area contributed by atoms with Crippen LogP contribution in [0.1, 0.15) is 181 Å². The average Bonchev–Trinajstić information content (AvgIpc) is 3.06. The molecule has 0 fully saturated rings. The fraction of sp³-hybridized carbons (Fsp3) is 0.756. The maximum atomic E-state index is 12.2. The SMILES string of the molecule is CCC=CCC=CCC=CCCCCCCCC(=O)OC[C@H](CO)OC(=O)CCCCCCCCCC=CCCCCCCCC. The Labute approximate surface area is 284 Å². The Kier molecular flexibility index (Phi) is 35.6. The van der Waals surface area contributed by atoms with E-state index in [1.165, 1.54) is 83.5 Å². The summed E-state index contributed by atoms with van der Waals surface area (Å²) >= 11 is 0. The number of ether oxygens (including phenoxy) is 2. The zero-order valence-electron chi connectivity index (χ0n) is 30.1. The van der Waals surface area contributed by atoms with Gasteiger partial charge in [-0.3, -0.25) is 9.59 Å². The molecule has 5 heteroatoms. The van der Waals surface area contributed by atoms with Crippen LogP contribution in [0.3, 0.4) is 0 Å². The third kappa shape index (κ3) is 34.7. The lowest BCUT2D eigenvalue weighted by Crippen LogP contribution is -2.28. The third-order valence-electron chi connectivity index (χ3n) is 8.11. The van der Waals surface area contributed by atoms with Crippen molar-refractivity contribution in [1.82, 2.24) is 0 Å². The van der Waals surface area contributed by atoms with Crippen molar-refractivity contribution >= 4 is 11.9 Å². The van der Waals surface area contributed by atoms with E-state index >= 15 is 0 Å². The average molecular weight is 645 g/mol. The lowest BCUT2D eigenvalue weighted by atomic mass is 10.1. The van der Waals surface area contributed by atoms with Crippen molar-refractivity contribution in [3.8, 4) is 0 Å². The molecule has 0 aromatic carbocycles. The van der Waals surface area contributed by atoms with Crippen LogP contribution >= 0.6 is 0 Å². The molecular formula is C41H72O5. The summed E-state index contributed by atoms with van der Waals surface area (Å²) in [5.41, 5.74) is 0. The molecule has 0 radical (unpaired) electrons. The summed E-state index contributed by atoms with van der Waals surface area (Å²) in [7, 11) is 0. The topological polar surface area (TPSA) is 72.8 Å². The Morgan fingerprint density at radius 3 is 1.43 bits per heavy atom. The van der Waals surface area contributed by atoms with Gasteiger partial charge in [-0.15, -0.1) is 0 Å².